The van der Waals surface area contributed by atoms with Gasteiger partial charge in [-0.2, -0.15) is 5.10 Å². The molecular weight excluding hydrogens is 167 g/mol. The van der Waals surface area contributed by atoms with Gasteiger partial charge in [0.15, 0.2) is 0 Å². The maximum Gasteiger partial charge on any atom is 0.0656 e. The van der Waals surface area contributed by atoms with Crippen LogP contribution < -0.4 is 5.30 Å². The molecule has 0 bridgehead atoms. The van der Waals surface area contributed by atoms with E-state index in [0.29, 0.717) is 0 Å². The summed E-state index contributed by atoms with van der Waals surface area (Å²) in [4.78, 5) is 0. The van der Waals surface area contributed by atoms with Crippen molar-refractivity contribution in [2.75, 3.05) is 0 Å². The summed E-state index contributed by atoms with van der Waals surface area (Å²) in [6.45, 7) is 0. The van der Waals surface area contributed by atoms with Crippen molar-refractivity contribution in [3.05, 3.63) is 36.5 Å². The van der Waals surface area contributed by atoms with Crippen molar-refractivity contribution in [1.29, 1.82) is 0 Å². The van der Waals surface area contributed by atoms with E-state index in [-0.39, 0.29) is 0 Å². The molecule has 3 heteroatoms. The molecule has 0 amide bonds. The molecule has 1 atom stereocenters. The molecule has 0 radical (unpaired) electrons. The molecule has 12 heavy (non-hydrogen) atoms. The summed E-state index contributed by atoms with van der Waals surface area (Å²) in [5.41, 5.74) is 2.24. The number of nitrogens with zero attached hydrogens (tertiary/aromatic N) is 1. The highest BCUT2D eigenvalue weighted by molar-refractivity contribution is 7.27. The molecule has 2 aromatic rings. The minimum absolute atomic E-state index is 1.06. The predicted molar refractivity (Wildman–Crippen MR) is 53.4 cm³/mol. The molecule has 1 unspecified atom stereocenters. The van der Waals surface area contributed by atoms with Crippen LogP contribution in [0.5, 0.6) is 0 Å². The summed E-state index contributed by atoms with van der Waals surface area (Å²) in [6.07, 6.45) is 1.76. The van der Waals surface area contributed by atoms with E-state index in [1.165, 1.54) is 10.9 Å². The van der Waals surface area contributed by atoms with E-state index in [9.17, 15) is 0 Å². The third-order valence-corrected chi connectivity index (χ3v) is 2.26. The molecule has 0 aliphatic rings. The van der Waals surface area contributed by atoms with Crippen molar-refractivity contribution < 1.29 is 0 Å². The fraction of sp³-hybridized carbons (Fsp3) is 0. The molecule has 0 saturated carbocycles. The van der Waals surface area contributed by atoms with Crippen LogP contribution in [-0.4, -0.2) is 10.2 Å². The molecular formula is C9H9N2P. The molecule has 2 nitrogen and oxygen atoms in total. The Balaban J connectivity index is 2.55. The van der Waals surface area contributed by atoms with Crippen LogP contribution in [-0.2, 0) is 0 Å². The summed E-state index contributed by atoms with van der Waals surface area (Å²) in [7, 11) is 2.71. The molecule has 1 N–H and O–H groups in total. The van der Waals surface area contributed by atoms with Crippen molar-refractivity contribution in [2.45, 2.75) is 0 Å². The second kappa shape index (κ2) is 3.08. The van der Waals surface area contributed by atoms with Gasteiger partial charge < -0.3 is 0 Å². The Morgan fingerprint density at radius 1 is 1.17 bits per heavy atom. The smallest absolute Gasteiger partial charge is 0.0656 e. The molecule has 0 aliphatic heterocycles. The number of aromatic amines is 1. The summed E-state index contributed by atoms with van der Waals surface area (Å²) >= 11 is 0. The van der Waals surface area contributed by atoms with Gasteiger partial charge in [0.25, 0.3) is 0 Å². The van der Waals surface area contributed by atoms with Gasteiger partial charge in [0.2, 0.25) is 0 Å². The highest BCUT2D eigenvalue weighted by atomic mass is 31.0. The SMILES string of the molecule is Pc1ccccc1-c1ccn[nH]1. The zero-order valence-corrected chi connectivity index (χ0v) is 7.64. The second-order valence-corrected chi connectivity index (χ2v) is 3.18. The van der Waals surface area contributed by atoms with Crippen LogP contribution in [0.2, 0.25) is 0 Å². The first-order valence-corrected chi connectivity index (χ1v) is 4.30. The van der Waals surface area contributed by atoms with Crippen LogP contribution in [0.25, 0.3) is 11.3 Å². The third-order valence-electron chi connectivity index (χ3n) is 1.75. The van der Waals surface area contributed by atoms with Gasteiger partial charge in [-0.1, -0.05) is 24.3 Å². The standard InChI is InChI=1S/C9H9N2P/c12-9-4-2-1-3-7(9)8-5-6-10-11-8/h1-6H,12H2,(H,10,11). The Labute approximate surface area is 73.2 Å². The monoisotopic (exact) mass is 176 g/mol. The molecule has 1 aromatic heterocycles. The minimum atomic E-state index is 1.06. The summed E-state index contributed by atoms with van der Waals surface area (Å²) in [5, 5.41) is 8.02. The number of H-pyrrole nitrogens is 1. The molecule has 0 fully saturated rings. The van der Waals surface area contributed by atoms with Crippen LogP contribution in [0, 0.1) is 0 Å². The van der Waals surface area contributed by atoms with Crippen molar-refractivity contribution in [3.63, 3.8) is 0 Å². The maximum absolute atomic E-state index is 3.91. The van der Waals surface area contributed by atoms with Crippen LogP contribution in [0.3, 0.4) is 0 Å². The molecule has 0 spiro atoms. The number of rotatable bonds is 1. The largest absolute Gasteiger partial charge is 0.278 e. The Bertz CT molecular complexity index is 368. The Morgan fingerprint density at radius 3 is 2.67 bits per heavy atom. The van der Waals surface area contributed by atoms with Gasteiger partial charge in [-0.25, -0.2) is 0 Å². The van der Waals surface area contributed by atoms with E-state index in [1.54, 1.807) is 6.20 Å². The van der Waals surface area contributed by atoms with Gasteiger partial charge in [0.1, 0.15) is 0 Å². The zero-order chi connectivity index (χ0) is 8.39. The van der Waals surface area contributed by atoms with Crippen molar-refractivity contribution in [1.82, 2.24) is 10.2 Å². The first kappa shape index (κ1) is 7.51. The van der Waals surface area contributed by atoms with Crippen molar-refractivity contribution >= 4 is 14.5 Å². The normalized spacial score (nSPS) is 10.1. The van der Waals surface area contributed by atoms with Crippen LogP contribution in [0.4, 0.5) is 0 Å². The van der Waals surface area contributed by atoms with Crippen LogP contribution in [0.15, 0.2) is 36.5 Å². The molecule has 0 aliphatic carbocycles. The predicted octanol–water partition coefficient (Wildman–Crippen LogP) is 1.58. The fourth-order valence-electron chi connectivity index (χ4n) is 1.15. The van der Waals surface area contributed by atoms with Crippen LogP contribution >= 0.6 is 9.24 Å². The van der Waals surface area contributed by atoms with E-state index >= 15 is 0 Å². The van der Waals surface area contributed by atoms with Gasteiger partial charge in [-0.3, -0.25) is 5.10 Å². The topological polar surface area (TPSA) is 28.7 Å². The quantitative estimate of drug-likeness (QED) is 0.656. The highest BCUT2D eigenvalue weighted by Crippen LogP contribution is 2.14. The third kappa shape index (κ3) is 1.26. The second-order valence-electron chi connectivity index (χ2n) is 2.56. The number of hydrogen-bond acceptors (Lipinski definition) is 1. The van der Waals surface area contributed by atoms with Crippen molar-refractivity contribution in [3.8, 4) is 11.3 Å². The van der Waals surface area contributed by atoms with Gasteiger partial charge in [0.05, 0.1) is 5.69 Å². The van der Waals surface area contributed by atoms with Crippen LogP contribution in [0.1, 0.15) is 0 Å². The van der Waals surface area contributed by atoms with Gasteiger partial charge in [-0.05, 0) is 11.4 Å². The summed E-state index contributed by atoms with van der Waals surface area (Å²) in [5.74, 6) is 0. The summed E-state index contributed by atoms with van der Waals surface area (Å²) < 4.78 is 0. The maximum atomic E-state index is 3.91. The Kier molecular flexibility index (Phi) is 1.92. The number of hydrogen-bond donors (Lipinski definition) is 1. The molecule has 1 heterocycles. The molecule has 2 rings (SSSR count). The summed E-state index contributed by atoms with van der Waals surface area (Å²) in [6, 6.07) is 10.1. The fourth-order valence-corrected chi connectivity index (χ4v) is 1.51. The molecule has 1 aromatic carbocycles. The van der Waals surface area contributed by atoms with E-state index in [4.69, 9.17) is 0 Å². The van der Waals surface area contributed by atoms with E-state index in [1.807, 2.05) is 18.2 Å². The lowest BCUT2D eigenvalue weighted by atomic mass is 10.1. The number of benzene rings is 1. The Hall–Kier alpha value is -1.14. The average molecular weight is 176 g/mol. The van der Waals surface area contributed by atoms with E-state index < -0.39 is 0 Å². The van der Waals surface area contributed by atoms with Crippen molar-refractivity contribution in [2.24, 2.45) is 0 Å². The molecule has 0 saturated heterocycles. The lowest BCUT2D eigenvalue weighted by Crippen LogP contribution is -1.95. The van der Waals surface area contributed by atoms with E-state index in [2.05, 4.69) is 31.6 Å². The minimum Gasteiger partial charge on any atom is -0.278 e. The first-order valence-electron chi connectivity index (χ1n) is 3.72. The van der Waals surface area contributed by atoms with Gasteiger partial charge in [0, 0.05) is 11.8 Å². The Morgan fingerprint density at radius 2 is 2.00 bits per heavy atom. The average Bonchev–Trinajstić information content (AvgIpc) is 2.57. The van der Waals surface area contributed by atoms with Gasteiger partial charge >= 0.3 is 0 Å². The number of aromatic nitrogens is 2. The zero-order valence-electron chi connectivity index (χ0n) is 6.49. The van der Waals surface area contributed by atoms with E-state index in [0.717, 1.165) is 5.69 Å². The molecule has 60 valence electrons. The lowest BCUT2D eigenvalue weighted by Gasteiger charge is -2.00. The number of nitrogens with one attached hydrogen (secondary N) is 1. The highest BCUT2D eigenvalue weighted by Gasteiger charge is 1.99. The van der Waals surface area contributed by atoms with Gasteiger partial charge in [-0.15, -0.1) is 9.24 Å². The first-order chi connectivity index (χ1) is 5.88. The lowest BCUT2D eigenvalue weighted by molar-refractivity contribution is 1.10.